The molecule has 3 N–H and O–H groups in total. The van der Waals surface area contributed by atoms with E-state index in [2.05, 4.69) is 9.97 Å². The van der Waals surface area contributed by atoms with Crippen molar-refractivity contribution in [3.8, 4) is 11.3 Å². The molecule has 1 aromatic heterocycles. The van der Waals surface area contributed by atoms with Gasteiger partial charge in [0, 0.05) is 11.5 Å². The highest BCUT2D eigenvalue weighted by atomic mass is 19.1. The van der Waals surface area contributed by atoms with Crippen molar-refractivity contribution < 1.29 is 23.4 Å². The highest BCUT2D eigenvalue weighted by molar-refractivity contribution is 5.90. The molecular weight excluding hydrogens is 380 g/mol. The van der Waals surface area contributed by atoms with Crippen molar-refractivity contribution in [1.82, 2.24) is 9.97 Å². The molecule has 0 spiro atoms. The van der Waals surface area contributed by atoms with Gasteiger partial charge in [-0.2, -0.15) is 0 Å². The third kappa shape index (κ3) is 4.87. The first kappa shape index (κ1) is 21.1. The summed E-state index contributed by atoms with van der Waals surface area (Å²) in [7, 11) is 0. The van der Waals surface area contributed by atoms with E-state index in [9.17, 15) is 18.7 Å². The van der Waals surface area contributed by atoms with Gasteiger partial charge in [-0.1, -0.05) is 6.07 Å². The Morgan fingerprint density at radius 1 is 1.31 bits per heavy atom. The van der Waals surface area contributed by atoms with Crippen LogP contribution in [0.1, 0.15) is 62.0 Å². The lowest BCUT2D eigenvalue weighted by atomic mass is 9.84. The fourth-order valence-electron chi connectivity index (χ4n) is 3.35. The maximum atomic E-state index is 14.6. The Labute approximate surface area is 168 Å². The number of alkyl halides is 1. The van der Waals surface area contributed by atoms with Crippen LogP contribution < -0.4 is 5.73 Å². The Bertz CT molecular complexity index is 915. The van der Waals surface area contributed by atoms with E-state index in [1.165, 1.54) is 18.3 Å². The molecule has 0 unspecified atom stereocenters. The van der Waals surface area contributed by atoms with Crippen molar-refractivity contribution in [3.63, 3.8) is 0 Å². The summed E-state index contributed by atoms with van der Waals surface area (Å²) in [5.41, 5.74) is 6.16. The number of nitrogens with zero attached hydrogens (tertiary/aromatic N) is 2. The van der Waals surface area contributed by atoms with Gasteiger partial charge in [-0.05, 0) is 52.2 Å². The third-order valence-corrected chi connectivity index (χ3v) is 4.84. The zero-order chi connectivity index (χ0) is 21.3. The summed E-state index contributed by atoms with van der Waals surface area (Å²) >= 11 is 0. The number of ether oxygens (including phenoxy) is 1. The van der Waals surface area contributed by atoms with Gasteiger partial charge in [0.1, 0.15) is 29.1 Å². The lowest BCUT2D eigenvalue weighted by molar-refractivity contribution is 0.00647. The first-order valence-electron chi connectivity index (χ1n) is 9.53. The van der Waals surface area contributed by atoms with E-state index in [4.69, 9.17) is 10.5 Å². The number of hydrogen-bond acceptors (Lipinski definition) is 6. The molecule has 3 rings (SSSR count). The lowest BCUT2D eigenvalue weighted by Gasteiger charge is -2.28. The van der Waals surface area contributed by atoms with Crippen LogP contribution in [0.5, 0.6) is 0 Å². The monoisotopic (exact) mass is 405 g/mol. The molecule has 1 aliphatic rings. The number of benzene rings is 1. The van der Waals surface area contributed by atoms with E-state index < -0.39 is 29.7 Å². The smallest absolute Gasteiger partial charge is 0.341 e. The van der Waals surface area contributed by atoms with E-state index in [0.29, 0.717) is 24.1 Å². The standard InChI is InChI=1S/C21H25F2N3O3/c1-21(2,3)29-20(28)13-6-4-12(9-14(13)22)18-19(24)25-10-16(26-18)11-5-7-17(27)15(23)8-11/h4,6,9-11,15,17,27H,5,7-8H2,1-3H3,(H2,24,25)/t11-,15-,17+/m1/s1. The van der Waals surface area contributed by atoms with Gasteiger partial charge >= 0.3 is 5.97 Å². The molecule has 0 radical (unpaired) electrons. The van der Waals surface area contributed by atoms with Crippen molar-refractivity contribution in [1.29, 1.82) is 0 Å². The molecule has 1 aliphatic carbocycles. The van der Waals surface area contributed by atoms with Gasteiger partial charge in [0.15, 0.2) is 0 Å². The van der Waals surface area contributed by atoms with E-state index >= 15 is 0 Å². The number of aliphatic hydroxyl groups excluding tert-OH is 1. The molecule has 29 heavy (non-hydrogen) atoms. The van der Waals surface area contributed by atoms with E-state index in [1.807, 2.05) is 0 Å². The summed E-state index contributed by atoms with van der Waals surface area (Å²) in [6.07, 6.45) is 0.270. The molecule has 0 amide bonds. The predicted molar refractivity (Wildman–Crippen MR) is 105 cm³/mol. The predicted octanol–water partition coefficient (Wildman–Crippen LogP) is 3.79. The third-order valence-electron chi connectivity index (χ3n) is 4.84. The highest BCUT2D eigenvalue weighted by Crippen LogP contribution is 2.35. The Morgan fingerprint density at radius 2 is 2.03 bits per heavy atom. The molecule has 156 valence electrons. The fraction of sp³-hybridized carbons (Fsp3) is 0.476. The Kier molecular flexibility index (Phi) is 5.84. The largest absolute Gasteiger partial charge is 0.456 e. The number of rotatable bonds is 3. The first-order chi connectivity index (χ1) is 13.5. The molecule has 1 aromatic carbocycles. The maximum absolute atomic E-state index is 14.6. The Morgan fingerprint density at radius 3 is 2.66 bits per heavy atom. The number of nitrogen functional groups attached to an aromatic ring is 1. The van der Waals surface area contributed by atoms with Crippen LogP contribution in [-0.4, -0.2) is 38.9 Å². The molecule has 8 heteroatoms. The summed E-state index contributed by atoms with van der Waals surface area (Å²) in [5, 5.41) is 9.58. The Hall–Kier alpha value is -2.61. The molecule has 1 saturated carbocycles. The minimum absolute atomic E-state index is 0.103. The number of nitrogens with two attached hydrogens (primary N) is 1. The van der Waals surface area contributed by atoms with Crippen LogP contribution in [0.2, 0.25) is 0 Å². The number of hydrogen-bond donors (Lipinski definition) is 2. The number of aliphatic hydroxyl groups is 1. The number of halogens is 2. The molecule has 0 aliphatic heterocycles. The van der Waals surface area contributed by atoms with Crippen LogP contribution >= 0.6 is 0 Å². The van der Waals surface area contributed by atoms with Gasteiger partial charge in [-0.3, -0.25) is 0 Å². The van der Waals surface area contributed by atoms with Crippen LogP contribution in [-0.2, 0) is 4.74 Å². The molecule has 1 heterocycles. The van der Waals surface area contributed by atoms with Crippen molar-refractivity contribution >= 4 is 11.8 Å². The number of carbonyl (C=O) groups excluding carboxylic acids is 1. The zero-order valence-electron chi connectivity index (χ0n) is 16.7. The van der Waals surface area contributed by atoms with E-state index in [-0.39, 0.29) is 29.4 Å². The molecule has 3 atom stereocenters. The van der Waals surface area contributed by atoms with Gasteiger partial charge in [0.05, 0.1) is 23.6 Å². The van der Waals surface area contributed by atoms with Crippen LogP contribution in [0.15, 0.2) is 24.4 Å². The highest BCUT2D eigenvalue weighted by Gasteiger charge is 2.31. The number of anilines is 1. The van der Waals surface area contributed by atoms with Crippen molar-refractivity contribution in [3.05, 3.63) is 41.5 Å². The molecule has 6 nitrogen and oxygen atoms in total. The zero-order valence-corrected chi connectivity index (χ0v) is 16.7. The summed E-state index contributed by atoms with van der Waals surface area (Å²) < 4.78 is 33.7. The molecule has 0 bridgehead atoms. The van der Waals surface area contributed by atoms with Gasteiger partial charge in [0.2, 0.25) is 0 Å². The number of aromatic nitrogens is 2. The van der Waals surface area contributed by atoms with Crippen LogP contribution in [0.25, 0.3) is 11.3 Å². The minimum atomic E-state index is -1.32. The molecular formula is C21H25F2N3O3. The van der Waals surface area contributed by atoms with Crippen molar-refractivity contribution in [2.24, 2.45) is 0 Å². The van der Waals surface area contributed by atoms with Gasteiger partial charge in [-0.15, -0.1) is 0 Å². The topological polar surface area (TPSA) is 98.3 Å². The Balaban J connectivity index is 1.89. The number of esters is 1. The fourth-order valence-corrected chi connectivity index (χ4v) is 3.35. The minimum Gasteiger partial charge on any atom is -0.456 e. The molecule has 1 fully saturated rings. The summed E-state index contributed by atoms with van der Waals surface area (Å²) in [4.78, 5) is 20.8. The van der Waals surface area contributed by atoms with Gasteiger partial charge < -0.3 is 15.6 Å². The second-order valence-corrected chi connectivity index (χ2v) is 8.32. The molecule has 2 aromatic rings. The lowest BCUT2D eigenvalue weighted by Crippen LogP contribution is -2.30. The summed E-state index contributed by atoms with van der Waals surface area (Å²) in [6, 6.07) is 4.00. The maximum Gasteiger partial charge on any atom is 0.341 e. The summed E-state index contributed by atoms with van der Waals surface area (Å²) in [6.45, 7) is 5.10. The van der Waals surface area contributed by atoms with E-state index in [0.717, 1.165) is 6.07 Å². The van der Waals surface area contributed by atoms with Crippen LogP contribution in [0, 0.1) is 5.82 Å². The van der Waals surface area contributed by atoms with Crippen molar-refractivity contribution in [2.75, 3.05) is 5.73 Å². The molecule has 0 saturated heterocycles. The average Bonchev–Trinajstić information content (AvgIpc) is 2.63. The normalized spacial score (nSPS) is 22.3. The second kappa shape index (κ2) is 8.02. The summed E-state index contributed by atoms with van der Waals surface area (Å²) in [5.74, 6) is -1.62. The van der Waals surface area contributed by atoms with Gasteiger partial charge in [-0.25, -0.2) is 23.5 Å². The SMILES string of the molecule is CC(C)(C)OC(=O)c1ccc(-c2nc([C@@H]3CC[C@H](O)[C@H](F)C3)cnc2N)cc1F. The van der Waals surface area contributed by atoms with Crippen LogP contribution in [0.4, 0.5) is 14.6 Å². The van der Waals surface area contributed by atoms with E-state index in [1.54, 1.807) is 20.8 Å². The first-order valence-corrected chi connectivity index (χ1v) is 9.53. The number of carbonyl (C=O) groups is 1. The quantitative estimate of drug-likeness (QED) is 0.754. The van der Waals surface area contributed by atoms with Gasteiger partial charge in [0.25, 0.3) is 0 Å². The second-order valence-electron chi connectivity index (χ2n) is 8.32. The van der Waals surface area contributed by atoms with Crippen LogP contribution in [0.3, 0.4) is 0 Å². The average molecular weight is 405 g/mol. The van der Waals surface area contributed by atoms with Crippen molar-refractivity contribution in [2.45, 2.75) is 63.8 Å².